The highest BCUT2D eigenvalue weighted by atomic mass is 32.1. The number of piperazine rings is 1. The summed E-state index contributed by atoms with van der Waals surface area (Å²) in [5.41, 5.74) is 1.79. The number of anilines is 2. The number of nitrogens with one attached hydrogen (secondary N) is 1. The molecule has 1 N–H and O–H groups in total. The van der Waals surface area contributed by atoms with Gasteiger partial charge in [0, 0.05) is 37.6 Å². The van der Waals surface area contributed by atoms with E-state index in [1.807, 2.05) is 30.3 Å². The molecule has 2 aliphatic heterocycles. The minimum absolute atomic E-state index is 0.0750. The van der Waals surface area contributed by atoms with Crippen LogP contribution in [0.2, 0.25) is 0 Å². The van der Waals surface area contributed by atoms with Gasteiger partial charge in [0.1, 0.15) is 12.5 Å². The van der Waals surface area contributed by atoms with Crippen molar-refractivity contribution in [2.75, 3.05) is 56.2 Å². The zero-order valence-corrected chi connectivity index (χ0v) is 17.0. The Bertz CT molecular complexity index is 802. The molecule has 0 unspecified atom stereocenters. The topological polar surface area (TPSA) is 98.1 Å². The zero-order chi connectivity index (χ0) is 20.8. The van der Waals surface area contributed by atoms with Crippen molar-refractivity contribution in [3.8, 4) is 6.07 Å². The van der Waals surface area contributed by atoms with Gasteiger partial charge in [-0.15, -0.1) is 0 Å². The summed E-state index contributed by atoms with van der Waals surface area (Å²) in [4.78, 5) is 29.5. The van der Waals surface area contributed by atoms with Gasteiger partial charge in [-0.3, -0.25) is 9.69 Å². The number of nitriles is 1. The Balaban J connectivity index is 1.54. The first-order valence-electron chi connectivity index (χ1n) is 9.31. The third kappa shape index (κ3) is 5.06. The van der Waals surface area contributed by atoms with Gasteiger partial charge in [-0.05, 0) is 36.5 Å². The van der Waals surface area contributed by atoms with Crippen LogP contribution in [0.4, 0.5) is 16.2 Å². The molecule has 29 heavy (non-hydrogen) atoms. The van der Waals surface area contributed by atoms with Gasteiger partial charge in [0.05, 0.1) is 26.3 Å². The molecular weight excluding hydrogens is 394 g/mol. The predicted octanol–water partition coefficient (Wildman–Crippen LogP) is 1.09. The van der Waals surface area contributed by atoms with Crippen LogP contribution in [0.3, 0.4) is 0 Å². The van der Waals surface area contributed by atoms with Crippen LogP contribution in [0, 0.1) is 11.3 Å². The number of methoxy groups -OCH3 is 1. The molecule has 0 aliphatic carbocycles. The van der Waals surface area contributed by atoms with Gasteiger partial charge in [0.25, 0.3) is 5.17 Å². The smallest absolute Gasteiger partial charge is 0.414 e. The van der Waals surface area contributed by atoms with E-state index in [0.29, 0.717) is 39.3 Å². The molecule has 2 aliphatic rings. The normalized spacial score (nSPS) is 18.8. The van der Waals surface area contributed by atoms with Crippen LogP contribution < -0.4 is 15.1 Å². The Morgan fingerprint density at radius 3 is 2.55 bits per heavy atom. The lowest BCUT2D eigenvalue weighted by atomic mass is 10.2. The molecule has 1 aromatic rings. The van der Waals surface area contributed by atoms with Crippen LogP contribution in [0.5, 0.6) is 0 Å². The average Bonchev–Trinajstić information content (AvgIpc) is 3.13. The van der Waals surface area contributed by atoms with Gasteiger partial charge in [-0.25, -0.2) is 4.79 Å². The molecule has 2 fully saturated rings. The van der Waals surface area contributed by atoms with E-state index in [2.05, 4.69) is 10.2 Å². The third-order valence-corrected chi connectivity index (χ3v) is 5.23. The van der Waals surface area contributed by atoms with Crippen molar-refractivity contribution in [3.63, 3.8) is 0 Å². The van der Waals surface area contributed by atoms with Gasteiger partial charge in [0.15, 0.2) is 0 Å². The molecule has 2 saturated heterocycles. The van der Waals surface area contributed by atoms with Crippen LogP contribution in [0.25, 0.3) is 0 Å². The fourth-order valence-electron chi connectivity index (χ4n) is 3.34. The molecule has 0 bridgehead atoms. The standard InChI is InChI=1S/C19H23N5O4S/c1-27-18(29)21-12-16-13-24(19(26)28-16)15-4-2-14(3-5-15)22-8-10-23(11-9-22)17(25)6-7-20/h2-5,16H,6,8-13H2,1H3,(H,21,29)/t16-/m0/s1. The lowest BCUT2D eigenvalue weighted by Crippen LogP contribution is -2.48. The van der Waals surface area contributed by atoms with Gasteiger partial charge in [-0.1, -0.05) is 0 Å². The molecule has 9 nitrogen and oxygen atoms in total. The fraction of sp³-hybridized carbons (Fsp3) is 0.474. The minimum Gasteiger partial charge on any atom is -0.474 e. The quantitative estimate of drug-likeness (QED) is 0.711. The molecule has 0 aromatic heterocycles. The molecule has 2 heterocycles. The van der Waals surface area contributed by atoms with Crippen LogP contribution in [0.1, 0.15) is 6.42 Å². The van der Waals surface area contributed by atoms with E-state index >= 15 is 0 Å². The maximum absolute atomic E-state index is 12.2. The highest BCUT2D eigenvalue weighted by Crippen LogP contribution is 2.25. The predicted molar refractivity (Wildman–Crippen MR) is 111 cm³/mol. The summed E-state index contributed by atoms with van der Waals surface area (Å²) in [7, 11) is 1.48. The number of cyclic esters (lactones) is 1. The van der Waals surface area contributed by atoms with E-state index in [9.17, 15) is 9.59 Å². The Morgan fingerprint density at radius 2 is 1.93 bits per heavy atom. The lowest BCUT2D eigenvalue weighted by molar-refractivity contribution is -0.130. The molecular formula is C19H23N5O4S. The Labute approximate surface area is 174 Å². The summed E-state index contributed by atoms with van der Waals surface area (Å²) < 4.78 is 10.2. The zero-order valence-electron chi connectivity index (χ0n) is 16.2. The van der Waals surface area contributed by atoms with E-state index in [1.54, 1.807) is 9.80 Å². The van der Waals surface area contributed by atoms with Crippen molar-refractivity contribution < 1.29 is 19.1 Å². The summed E-state index contributed by atoms with van der Waals surface area (Å²) in [6.45, 7) is 3.42. The van der Waals surface area contributed by atoms with Gasteiger partial charge >= 0.3 is 6.09 Å². The van der Waals surface area contributed by atoms with Crippen LogP contribution in [-0.2, 0) is 14.3 Å². The van der Waals surface area contributed by atoms with Crippen molar-refractivity contribution >= 4 is 40.8 Å². The molecule has 1 atom stereocenters. The molecule has 154 valence electrons. The van der Waals surface area contributed by atoms with E-state index in [-0.39, 0.29) is 23.6 Å². The number of carbonyl (C=O) groups is 2. The van der Waals surface area contributed by atoms with E-state index in [1.165, 1.54) is 7.11 Å². The second kappa shape index (κ2) is 9.43. The number of benzene rings is 1. The van der Waals surface area contributed by atoms with Gasteiger partial charge < -0.3 is 24.6 Å². The summed E-state index contributed by atoms with van der Waals surface area (Å²) in [5, 5.41) is 11.8. The highest BCUT2D eigenvalue weighted by molar-refractivity contribution is 7.80. The third-order valence-electron chi connectivity index (χ3n) is 4.92. The molecule has 2 amide bonds. The number of hydrogen-bond donors (Lipinski definition) is 1. The number of hydrogen-bond acceptors (Lipinski definition) is 7. The first kappa shape index (κ1) is 20.7. The Hall–Kier alpha value is -3.06. The minimum atomic E-state index is -0.391. The van der Waals surface area contributed by atoms with Crippen molar-refractivity contribution in [3.05, 3.63) is 24.3 Å². The van der Waals surface area contributed by atoms with E-state index < -0.39 is 6.09 Å². The molecule has 0 saturated carbocycles. The van der Waals surface area contributed by atoms with E-state index in [4.69, 9.17) is 27.0 Å². The second-order valence-electron chi connectivity index (χ2n) is 6.71. The molecule has 0 spiro atoms. The highest BCUT2D eigenvalue weighted by Gasteiger charge is 2.32. The average molecular weight is 417 g/mol. The lowest BCUT2D eigenvalue weighted by Gasteiger charge is -2.36. The Morgan fingerprint density at radius 1 is 1.28 bits per heavy atom. The molecule has 0 radical (unpaired) electrons. The molecule has 1 aromatic carbocycles. The van der Waals surface area contributed by atoms with Crippen molar-refractivity contribution in [1.29, 1.82) is 5.26 Å². The number of ether oxygens (including phenoxy) is 2. The second-order valence-corrected chi connectivity index (χ2v) is 7.08. The molecule has 3 rings (SSSR count). The maximum Gasteiger partial charge on any atom is 0.414 e. The number of carbonyl (C=O) groups excluding carboxylic acids is 2. The van der Waals surface area contributed by atoms with Crippen LogP contribution in [0.15, 0.2) is 24.3 Å². The van der Waals surface area contributed by atoms with Gasteiger partial charge in [-0.2, -0.15) is 5.26 Å². The first-order valence-corrected chi connectivity index (χ1v) is 9.72. The number of thiocarbonyl (C=S) groups is 1. The van der Waals surface area contributed by atoms with Crippen LogP contribution in [-0.4, -0.2) is 74.6 Å². The summed E-state index contributed by atoms with van der Waals surface area (Å²) in [6.07, 6.45) is -0.777. The van der Waals surface area contributed by atoms with Crippen molar-refractivity contribution in [2.24, 2.45) is 0 Å². The molecule has 10 heteroatoms. The monoisotopic (exact) mass is 417 g/mol. The Kier molecular flexibility index (Phi) is 6.72. The fourth-order valence-corrected chi connectivity index (χ4v) is 3.43. The van der Waals surface area contributed by atoms with Crippen molar-refractivity contribution in [2.45, 2.75) is 12.5 Å². The van der Waals surface area contributed by atoms with E-state index in [0.717, 1.165) is 11.4 Å². The van der Waals surface area contributed by atoms with Crippen molar-refractivity contribution in [1.82, 2.24) is 10.2 Å². The summed E-state index contributed by atoms with van der Waals surface area (Å²) in [5.74, 6) is -0.120. The number of nitrogens with zero attached hydrogens (tertiary/aromatic N) is 4. The van der Waals surface area contributed by atoms with Gasteiger partial charge in [0.2, 0.25) is 5.91 Å². The summed E-state index contributed by atoms with van der Waals surface area (Å²) in [6, 6.07) is 9.60. The number of amides is 2. The SMILES string of the molecule is COC(=S)NC[C@H]1CN(c2ccc(N3CCN(C(=O)CC#N)CC3)cc2)C(=O)O1. The number of rotatable bonds is 5. The maximum atomic E-state index is 12.2. The first-order chi connectivity index (χ1) is 14.0. The van der Waals surface area contributed by atoms with Crippen LogP contribution >= 0.6 is 12.2 Å². The summed E-state index contributed by atoms with van der Waals surface area (Å²) >= 11 is 4.93. The largest absolute Gasteiger partial charge is 0.474 e.